The molecule has 0 saturated heterocycles. The maximum Gasteiger partial charge on any atom is 0.275 e. The summed E-state index contributed by atoms with van der Waals surface area (Å²) in [7, 11) is 1.60. The summed E-state index contributed by atoms with van der Waals surface area (Å²) in [6.45, 7) is 1.89. The SMILES string of the molecule is Cc1nonc1CN(C)C(=O)c1coc(COc2ccc(F)cc2Cl)n1. The molecule has 136 valence electrons. The second-order valence-corrected chi connectivity index (χ2v) is 5.85. The van der Waals surface area contributed by atoms with Gasteiger partial charge < -0.3 is 14.1 Å². The van der Waals surface area contributed by atoms with E-state index in [0.29, 0.717) is 11.4 Å². The van der Waals surface area contributed by atoms with Gasteiger partial charge in [0.25, 0.3) is 5.91 Å². The van der Waals surface area contributed by atoms with Gasteiger partial charge in [-0.3, -0.25) is 4.79 Å². The van der Waals surface area contributed by atoms with Gasteiger partial charge in [0.1, 0.15) is 29.2 Å². The number of halogens is 2. The maximum absolute atomic E-state index is 13.0. The van der Waals surface area contributed by atoms with Crippen LogP contribution in [0.4, 0.5) is 4.39 Å². The van der Waals surface area contributed by atoms with Crippen molar-refractivity contribution < 1.29 is 23.0 Å². The van der Waals surface area contributed by atoms with Crippen LogP contribution >= 0.6 is 11.6 Å². The van der Waals surface area contributed by atoms with Gasteiger partial charge >= 0.3 is 0 Å². The average molecular weight is 381 g/mol. The van der Waals surface area contributed by atoms with Crippen LogP contribution in [0.5, 0.6) is 5.75 Å². The number of carbonyl (C=O) groups is 1. The molecule has 1 aromatic carbocycles. The minimum Gasteiger partial charge on any atom is -0.482 e. The summed E-state index contributed by atoms with van der Waals surface area (Å²) >= 11 is 5.88. The van der Waals surface area contributed by atoms with Gasteiger partial charge in [-0.2, -0.15) is 0 Å². The number of hydrogen-bond donors (Lipinski definition) is 0. The summed E-state index contributed by atoms with van der Waals surface area (Å²) in [6.07, 6.45) is 1.23. The number of rotatable bonds is 6. The van der Waals surface area contributed by atoms with E-state index >= 15 is 0 Å². The molecule has 0 aliphatic rings. The number of oxazole rings is 1. The lowest BCUT2D eigenvalue weighted by Crippen LogP contribution is -2.27. The van der Waals surface area contributed by atoms with Gasteiger partial charge in [0.2, 0.25) is 5.89 Å². The molecule has 0 fully saturated rings. The van der Waals surface area contributed by atoms with Crippen molar-refractivity contribution in [2.45, 2.75) is 20.1 Å². The number of nitrogens with zero attached hydrogens (tertiary/aromatic N) is 4. The zero-order valence-electron chi connectivity index (χ0n) is 13.9. The van der Waals surface area contributed by atoms with Gasteiger partial charge in [0.15, 0.2) is 12.3 Å². The molecule has 0 saturated carbocycles. The van der Waals surface area contributed by atoms with Crippen molar-refractivity contribution in [3.05, 3.63) is 58.3 Å². The number of aromatic nitrogens is 3. The summed E-state index contributed by atoms with van der Waals surface area (Å²) in [5.74, 6) is -0.360. The van der Waals surface area contributed by atoms with Crippen molar-refractivity contribution in [3.63, 3.8) is 0 Å². The number of amides is 1. The Morgan fingerprint density at radius 1 is 1.38 bits per heavy atom. The van der Waals surface area contributed by atoms with E-state index in [2.05, 4.69) is 19.9 Å². The van der Waals surface area contributed by atoms with Crippen LogP contribution in [0.2, 0.25) is 5.02 Å². The Balaban J connectivity index is 1.61. The molecule has 10 heteroatoms. The van der Waals surface area contributed by atoms with Crippen molar-refractivity contribution >= 4 is 17.5 Å². The van der Waals surface area contributed by atoms with Gasteiger partial charge in [0, 0.05) is 7.05 Å². The van der Waals surface area contributed by atoms with Crippen LogP contribution in [0.3, 0.4) is 0 Å². The molecule has 0 radical (unpaired) electrons. The summed E-state index contributed by atoms with van der Waals surface area (Å²) in [5.41, 5.74) is 1.28. The molecule has 0 bridgehead atoms. The highest BCUT2D eigenvalue weighted by atomic mass is 35.5. The molecule has 3 rings (SSSR count). The predicted molar refractivity (Wildman–Crippen MR) is 87.1 cm³/mol. The van der Waals surface area contributed by atoms with Crippen LogP contribution < -0.4 is 4.74 Å². The molecule has 0 N–H and O–H groups in total. The third-order valence-electron chi connectivity index (χ3n) is 3.50. The van der Waals surface area contributed by atoms with E-state index in [0.717, 1.165) is 6.07 Å². The van der Waals surface area contributed by atoms with Crippen LogP contribution in [0.15, 0.2) is 33.5 Å². The highest BCUT2D eigenvalue weighted by Crippen LogP contribution is 2.25. The average Bonchev–Trinajstić information content (AvgIpc) is 3.23. The van der Waals surface area contributed by atoms with Crippen molar-refractivity contribution in [2.24, 2.45) is 0 Å². The summed E-state index contributed by atoms with van der Waals surface area (Å²) in [4.78, 5) is 17.9. The molecule has 0 unspecified atom stereocenters. The predicted octanol–water partition coefficient (Wildman–Crippen LogP) is 3.01. The Morgan fingerprint density at radius 2 is 2.19 bits per heavy atom. The first-order chi connectivity index (χ1) is 12.4. The zero-order valence-corrected chi connectivity index (χ0v) is 14.7. The fourth-order valence-corrected chi connectivity index (χ4v) is 2.31. The Labute approximate surface area is 152 Å². The summed E-state index contributed by atoms with van der Waals surface area (Å²) in [6, 6.07) is 3.76. The van der Waals surface area contributed by atoms with Crippen molar-refractivity contribution in [1.29, 1.82) is 0 Å². The zero-order chi connectivity index (χ0) is 18.7. The van der Waals surface area contributed by atoms with Crippen molar-refractivity contribution in [1.82, 2.24) is 20.2 Å². The van der Waals surface area contributed by atoms with E-state index < -0.39 is 5.82 Å². The number of aryl methyl sites for hydroxylation is 1. The molecule has 1 amide bonds. The van der Waals surface area contributed by atoms with Crippen LogP contribution in [0.1, 0.15) is 27.8 Å². The topological polar surface area (TPSA) is 94.5 Å². The lowest BCUT2D eigenvalue weighted by atomic mass is 10.3. The quantitative estimate of drug-likeness (QED) is 0.648. The molecule has 0 atom stereocenters. The van der Waals surface area contributed by atoms with E-state index in [-0.39, 0.29) is 41.4 Å². The van der Waals surface area contributed by atoms with Gasteiger partial charge in [0.05, 0.1) is 11.6 Å². The third-order valence-corrected chi connectivity index (χ3v) is 3.79. The molecular formula is C16H14ClFN4O4. The highest BCUT2D eigenvalue weighted by molar-refractivity contribution is 6.32. The van der Waals surface area contributed by atoms with Crippen molar-refractivity contribution in [2.75, 3.05) is 7.05 Å². The Kier molecular flexibility index (Phi) is 5.17. The number of ether oxygens (including phenoxy) is 1. The van der Waals surface area contributed by atoms with Gasteiger partial charge in [-0.25, -0.2) is 14.0 Å². The monoisotopic (exact) mass is 380 g/mol. The summed E-state index contributed by atoms with van der Waals surface area (Å²) < 4.78 is 28.3. The second-order valence-electron chi connectivity index (χ2n) is 5.45. The minimum absolute atomic E-state index is 0.0609. The third kappa shape index (κ3) is 3.99. The molecule has 0 aliphatic heterocycles. The Morgan fingerprint density at radius 3 is 2.88 bits per heavy atom. The standard InChI is InChI=1S/C16H14ClFN4O4/c1-9-12(21-26-20-9)6-22(2)16(23)13-7-25-15(19-13)8-24-14-4-3-10(18)5-11(14)17/h3-5,7H,6,8H2,1-2H3. The molecular weight excluding hydrogens is 367 g/mol. The first kappa shape index (κ1) is 17.9. The van der Waals surface area contributed by atoms with Crippen LogP contribution in [0, 0.1) is 12.7 Å². The first-order valence-corrected chi connectivity index (χ1v) is 7.87. The maximum atomic E-state index is 13.0. The largest absolute Gasteiger partial charge is 0.482 e. The van der Waals surface area contributed by atoms with E-state index in [9.17, 15) is 9.18 Å². The minimum atomic E-state index is -0.466. The van der Waals surface area contributed by atoms with Crippen molar-refractivity contribution in [3.8, 4) is 5.75 Å². The molecule has 3 aromatic rings. The molecule has 8 nitrogen and oxygen atoms in total. The van der Waals surface area contributed by atoms with E-state index in [1.807, 2.05) is 0 Å². The highest BCUT2D eigenvalue weighted by Gasteiger charge is 2.19. The first-order valence-electron chi connectivity index (χ1n) is 7.50. The molecule has 26 heavy (non-hydrogen) atoms. The molecule has 0 aliphatic carbocycles. The van der Waals surface area contributed by atoms with E-state index in [4.69, 9.17) is 20.8 Å². The van der Waals surface area contributed by atoms with Gasteiger partial charge in [-0.15, -0.1) is 0 Å². The number of hydrogen-bond acceptors (Lipinski definition) is 7. The van der Waals surface area contributed by atoms with Gasteiger partial charge in [-0.05, 0) is 25.1 Å². The van der Waals surface area contributed by atoms with Crippen LogP contribution in [-0.2, 0) is 13.2 Å². The molecule has 2 heterocycles. The Hall–Kier alpha value is -2.94. The smallest absolute Gasteiger partial charge is 0.275 e. The van der Waals surface area contributed by atoms with E-state index in [1.54, 1.807) is 14.0 Å². The normalized spacial score (nSPS) is 10.8. The second kappa shape index (κ2) is 7.52. The lowest BCUT2D eigenvalue weighted by Gasteiger charge is -2.13. The molecule has 2 aromatic heterocycles. The Bertz CT molecular complexity index is 927. The lowest BCUT2D eigenvalue weighted by molar-refractivity contribution is 0.0776. The van der Waals surface area contributed by atoms with Gasteiger partial charge in [-0.1, -0.05) is 21.9 Å². The fourth-order valence-electron chi connectivity index (χ4n) is 2.09. The summed E-state index contributed by atoms with van der Waals surface area (Å²) in [5, 5.41) is 7.52. The number of carbonyl (C=O) groups excluding carboxylic acids is 1. The van der Waals surface area contributed by atoms with E-state index in [1.165, 1.54) is 23.3 Å². The fraction of sp³-hybridized carbons (Fsp3) is 0.250. The molecule has 0 spiro atoms. The van der Waals surface area contributed by atoms with Crippen LogP contribution in [-0.4, -0.2) is 33.2 Å². The number of benzene rings is 1. The van der Waals surface area contributed by atoms with Crippen LogP contribution in [0.25, 0.3) is 0 Å².